The van der Waals surface area contributed by atoms with Gasteiger partial charge in [-0.2, -0.15) is 0 Å². The van der Waals surface area contributed by atoms with Gasteiger partial charge in [0.05, 0.1) is 0 Å². The Kier molecular flexibility index (Phi) is 3.39. The summed E-state index contributed by atoms with van der Waals surface area (Å²) in [5.74, 6) is -0.281. The minimum Gasteiger partial charge on any atom is -0.384 e. The first-order valence-electron chi connectivity index (χ1n) is 5.81. The summed E-state index contributed by atoms with van der Waals surface area (Å²) in [7, 11) is 0. The molecule has 1 unspecified atom stereocenters. The standard InChI is InChI=1S/C14H17FO/c1-10-7-8-12(15)9-13(10)14(16)11-5-3-2-4-6-11/h5,7-9,14,16H,2-4,6H2,1H3. The average Bonchev–Trinajstić information content (AvgIpc) is 2.32. The predicted molar refractivity (Wildman–Crippen MR) is 62.6 cm³/mol. The van der Waals surface area contributed by atoms with Crippen LogP contribution in [0.1, 0.15) is 42.9 Å². The van der Waals surface area contributed by atoms with E-state index in [1.165, 1.54) is 18.6 Å². The number of hydrogen-bond donors (Lipinski definition) is 1. The lowest BCUT2D eigenvalue weighted by Crippen LogP contribution is -2.06. The Balaban J connectivity index is 2.29. The minimum absolute atomic E-state index is 0.281. The van der Waals surface area contributed by atoms with E-state index < -0.39 is 6.10 Å². The number of halogens is 1. The summed E-state index contributed by atoms with van der Waals surface area (Å²) in [6, 6.07) is 4.59. The van der Waals surface area contributed by atoms with Gasteiger partial charge in [0.25, 0.3) is 0 Å². The third-order valence-corrected chi connectivity index (χ3v) is 3.21. The molecule has 0 radical (unpaired) electrons. The number of hydrogen-bond acceptors (Lipinski definition) is 1. The van der Waals surface area contributed by atoms with E-state index in [1.54, 1.807) is 6.07 Å². The van der Waals surface area contributed by atoms with Crippen LogP contribution in [0.15, 0.2) is 29.8 Å². The third-order valence-electron chi connectivity index (χ3n) is 3.21. The van der Waals surface area contributed by atoms with Gasteiger partial charge in [0.1, 0.15) is 11.9 Å². The van der Waals surface area contributed by atoms with Crippen LogP contribution in [0.5, 0.6) is 0 Å². The van der Waals surface area contributed by atoms with Crippen LogP contribution in [0.25, 0.3) is 0 Å². The van der Waals surface area contributed by atoms with Crippen molar-refractivity contribution in [2.24, 2.45) is 0 Å². The molecule has 0 aromatic heterocycles. The van der Waals surface area contributed by atoms with Crippen LogP contribution in [0.3, 0.4) is 0 Å². The van der Waals surface area contributed by atoms with Crippen LogP contribution < -0.4 is 0 Å². The SMILES string of the molecule is Cc1ccc(F)cc1C(O)C1=CCCCC1. The third kappa shape index (κ3) is 2.33. The normalized spacial score (nSPS) is 18.1. The van der Waals surface area contributed by atoms with E-state index >= 15 is 0 Å². The molecule has 86 valence electrons. The molecule has 0 fully saturated rings. The van der Waals surface area contributed by atoms with Crippen molar-refractivity contribution in [3.05, 3.63) is 46.8 Å². The van der Waals surface area contributed by atoms with Gasteiger partial charge in [-0.05, 0) is 61.4 Å². The van der Waals surface area contributed by atoms with Crippen LogP contribution in [-0.4, -0.2) is 5.11 Å². The molecule has 1 aliphatic carbocycles. The Hall–Kier alpha value is -1.15. The lowest BCUT2D eigenvalue weighted by Gasteiger charge is -2.20. The van der Waals surface area contributed by atoms with Crippen LogP contribution in [0.4, 0.5) is 4.39 Å². The maximum Gasteiger partial charge on any atom is 0.123 e. The zero-order valence-corrected chi connectivity index (χ0v) is 9.54. The summed E-state index contributed by atoms with van der Waals surface area (Å²) in [4.78, 5) is 0. The van der Waals surface area contributed by atoms with Crippen LogP contribution in [0, 0.1) is 12.7 Å². The Bertz CT molecular complexity index is 409. The van der Waals surface area contributed by atoms with Crippen LogP contribution in [-0.2, 0) is 0 Å². The molecule has 0 saturated heterocycles. The first-order valence-corrected chi connectivity index (χ1v) is 5.81. The fraction of sp³-hybridized carbons (Fsp3) is 0.429. The molecule has 1 atom stereocenters. The van der Waals surface area contributed by atoms with Gasteiger partial charge in [0.2, 0.25) is 0 Å². The summed E-state index contributed by atoms with van der Waals surface area (Å²) >= 11 is 0. The number of allylic oxidation sites excluding steroid dienone is 1. The highest BCUT2D eigenvalue weighted by atomic mass is 19.1. The highest BCUT2D eigenvalue weighted by Crippen LogP contribution is 2.31. The van der Waals surface area contributed by atoms with Gasteiger partial charge in [0, 0.05) is 0 Å². The minimum atomic E-state index is -0.629. The largest absolute Gasteiger partial charge is 0.384 e. The Labute approximate surface area is 95.6 Å². The van der Waals surface area contributed by atoms with E-state index in [-0.39, 0.29) is 5.82 Å². The van der Waals surface area contributed by atoms with Crippen molar-refractivity contribution in [2.75, 3.05) is 0 Å². The van der Waals surface area contributed by atoms with Gasteiger partial charge < -0.3 is 5.11 Å². The molecular weight excluding hydrogens is 203 g/mol. The van der Waals surface area contributed by atoms with Crippen molar-refractivity contribution < 1.29 is 9.50 Å². The zero-order valence-electron chi connectivity index (χ0n) is 9.54. The van der Waals surface area contributed by atoms with Gasteiger partial charge in [0.15, 0.2) is 0 Å². The maximum absolute atomic E-state index is 13.1. The lowest BCUT2D eigenvalue weighted by atomic mass is 9.90. The number of aliphatic hydroxyl groups is 1. The summed E-state index contributed by atoms with van der Waals surface area (Å²) in [6.45, 7) is 1.90. The molecule has 0 aliphatic heterocycles. The molecule has 0 heterocycles. The van der Waals surface area contributed by atoms with Crippen molar-refractivity contribution >= 4 is 0 Å². The summed E-state index contributed by atoms with van der Waals surface area (Å²) in [6.07, 6.45) is 5.74. The molecule has 1 aliphatic rings. The van der Waals surface area contributed by atoms with Gasteiger partial charge >= 0.3 is 0 Å². The van der Waals surface area contributed by atoms with Gasteiger partial charge in [-0.3, -0.25) is 0 Å². The first-order chi connectivity index (χ1) is 7.68. The molecule has 1 N–H and O–H groups in total. The molecule has 0 saturated carbocycles. The number of aliphatic hydroxyl groups excluding tert-OH is 1. The highest BCUT2D eigenvalue weighted by Gasteiger charge is 2.17. The molecule has 2 rings (SSSR count). The molecule has 16 heavy (non-hydrogen) atoms. The quantitative estimate of drug-likeness (QED) is 0.754. The number of rotatable bonds is 2. The van der Waals surface area contributed by atoms with E-state index in [9.17, 15) is 9.50 Å². The summed E-state index contributed by atoms with van der Waals surface area (Å²) in [5.41, 5.74) is 2.69. The Morgan fingerprint density at radius 1 is 1.31 bits per heavy atom. The van der Waals surface area contributed by atoms with E-state index in [4.69, 9.17) is 0 Å². The van der Waals surface area contributed by atoms with Crippen molar-refractivity contribution in [2.45, 2.75) is 38.7 Å². The molecular formula is C14H17FO. The lowest BCUT2D eigenvalue weighted by molar-refractivity contribution is 0.207. The predicted octanol–water partition coefficient (Wildman–Crippen LogP) is 3.67. The summed E-state index contributed by atoms with van der Waals surface area (Å²) < 4.78 is 13.1. The molecule has 1 aromatic rings. The zero-order chi connectivity index (χ0) is 11.5. The van der Waals surface area contributed by atoms with E-state index in [1.807, 2.05) is 6.92 Å². The van der Waals surface area contributed by atoms with Crippen molar-refractivity contribution in [3.8, 4) is 0 Å². The van der Waals surface area contributed by atoms with Gasteiger partial charge in [-0.1, -0.05) is 12.1 Å². The van der Waals surface area contributed by atoms with Crippen LogP contribution in [0.2, 0.25) is 0 Å². The first kappa shape index (κ1) is 11.3. The number of aryl methyl sites for hydroxylation is 1. The Morgan fingerprint density at radius 2 is 2.12 bits per heavy atom. The fourth-order valence-corrected chi connectivity index (χ4v) is 2.22. The Morgan fingerprint density at radius 3 is 2.81 bits per heavy atom. The average molecular weight is 220 g/mol. The van der Waals surface area contributed by atoms with Crippen molar-refractivity contribution in [1.29, 1.82) is 0 Å². The number of benzene rings is 1. The smallest absolute Gasteiger partial charge is 0.123 e. The highest BCUT2D eigenvalue weighted by molar-refractivity contribution is 5.34. The van der Waals surface area contributed by atoms with Crippen molar-refractivity contribution in [1.82, 2.24) is 0 Å². The second-order valence-corrected chi connectivity index (χ2v) is 4.43. The second-order valence-electron chi connectivity index (χ2n) is 4.43. The fourth-order valence-electron chi connectivity index (χ4n) is 2.22. The molecule has 1 nitrogen and oxygen atoms in total. The topological polar surface area (TPSA) is 20.2 Å². The summed E-state index contributed by atoms with van der Waals surface area (Å²) in [5, 5.41) is 10.2. The molecule has 0 spiro atoms. The molecule has 1 aromatic carbocycles. The van der Waals surface area contributed by atoms with Crippen molar-refractivity contribution in [3.63, 3.8) is 0 Å². The molecule has 0 bridgehead atoms. The molecule has 2 heteroatoms. The second kappa shape index (κ2) is 4.79. The van der Waals surface area contributed by atoms with Crippen LogP contribution >= 0.6 is 0 Å². The van der Waals surface area contributed by atoms with E-state index in [0.29, 0.717) is 5.56 Å². The van der Waals surface area contributed by atoms with E-state index in [2.05, 4.69) is 6.08 Å². The van der Waals surface area contributed by atoms with E-state index in [0.717, 1.165) is 30.4 Å². The monoisotopic (exact) mass is 220 g/mol. The molecule has 0 amide bonds. The van der Waals surface area contributed by atoms with Gasteiger partial charge in [-0.15, -0.1) is 0 Å². The maximum atomic E-state index is 13.1. The van der Waals surface area contributed by atoms with Gasteiger partial charge in [-0.25, -0.2) is 4.39 Å².